The second-order valence-electron chi connectivity index (χ2n) is 3.85. The zero-order valence-electron chi connectivity index (χ0n) is 9.80. The third-order valence-electron chi connectivity index (χ3n) is 2.62. The molecule has 0 saturated heterocycles. The lowest BCUT2D eigenvalue weighted by Crippen LogP contribution is -2.03. The summed E-state index contributed by atoms with van der Waals surface area (Å²) in [5.41, 5.74) is 0.875. The van der Waals surface area contributed by atoms with E-state index in [0.29, 0.717) is 10.9 Å². The Bertz CT molecular complexity index is 569. The van der Waals surface area contributed by atoms with E-state index in [1.165, 1.54) is 18.2 Å². The molecule has 5 heteroatoms. The van der Waals surface area contributed by atoms with Crippen molar-refractivity contribution in [2.75, 3.05) is 0 Å². The van der Waals surface area contributed by atoms with Crippen molar-refractivity contribution in [2.24, 2.45) is 0 Å². The molecule has 0 atom stereocenters. The Labute approximate surface area is 123 Å². The van der Waals surface area contributed by atoms with E-state index in [1.54, 1.807) is 18.2 Å². The maximum atomic E-state index is 13.7. The van der Waals surface area contributed by atoms with Gasteiger partial charge < -0.3 is 4.74 Å². The maximum Gasteiger partial charge on any atom is 0.165 e. The molecule has 0 unspecified atom stereocenters. The summed E-state index contributed by atoms with van der Waals surface area (Å²) in [7, 11) is 0. The van der Waals surface area contributed by atoms with Gasteiger partial charge in [0.2, 0.25) is 0 Å². The Morgan fingerprint density at radius 3 is 2.42 bits per heavy atom. The van der Waals surface area contributed by atoms with Gasteiger partial charge >= 0.3 is 0 Å². The Morgan fingerprint density at radius 1 is 1.05 bits per heavy atom. The fourth-order valence-corrected chi connectivity index (χ4v) is 2.29. The minimum Gasteiger partial charge on any atom is -0.485 e. The average Bonchev–Trinajstić information content (AvgIpc) is 2.39. The van der Waals surface area contributed by atoms with Gasteiger partial charge in [0.25, 0.3) is 0 Å². The van der Waals surface area contributed by atoms with Crippen molar-refractivity contribution < 1.29 is 13.5 Å². The van der Waals surface area contributed by atoms with Crippen molar-refractivity contribution in [2.45, 2.75) is 11.9 Å². The summed E-state index contributed by atoms with van der Waals surface area (Å²) in [6.07, 6.45) is 0. The maximum absolute atomic E-state index is 13.7. The van der Waals surface area contributed by atoms with Crippen LogP contribution in [0.4, 0.5) is 8.78 Å². The highest BCUT2D eigenvalue weighted by atomic mass is 79.9. The molecule has 0 aliphatic heterocycles. The van der Waals surface area contributed by atoms with Gasteiger partial charge in [-0.15, -0.1) is 0 Å². The molecule has 0 aliphatic rings. The topological polar surface area (TPSA) is 9.23 Å². The van der Waals surface area contributed by atoms with E-state index in [9.17, 15) is 8.78 Å². The van der Waals surface area contributed by atoms with Crippen molar-refractivity contribution in [3.63, 3.8) is 0 Å². The number of ether oxygens (including phenoxy) is 1. The number of para-hydroxylation sites is 1. The molecule has 2 aromatic rings. The summed E-state index contributed by atoms with van der Waals surface area (Å²) in [4.78, 5) is 0. The number of alkyl halides is 1. The van der Waals surface area contributed by atoms with E-state index in [0.717, 1.165) is 0 Å². The first-order valence-corrected chi connectivity index (χ1v) is 7.02. The van der Waals surface area contributed by atoms with Gasteiger partial charge in [-0.3, -0.25) is 0 Å². The highest BCUT2D eigenvalue weighted by Gasteiger charge is 2.12. The number of hydrogen-bond acceptors (Lipinski definition) is 1. The Balaban J connectivity index is 2.24. The molecule has 19 heavy (non-hydrogen) atoms. The van der Waals surface area contributed by atoms with Crippen molar-refractivity contribution >= 4 is 27.5 Å². The van der Waals surface area contributed by atoms with E-state index >= 15 is 0 Å². The van der Waals surface area contributed by atoms with Gasteiger partial charge in [0.05, 0.1) is 5.02 Å². The summed E-state index contributed by atoms with van der Waals surface area (Å²) >= 11 is 9.14. The second-order valence-corrected chi connectivity index (χ2v) is 4.82. The van der Waals surface area contributed by atoms with Crippen LogP contribution in [0.1, 0.15) is 11.1 Å². The molecule has 0 bridgehead atoms. The largest absolute Gasteiger partial charge is 0.485 e. The van der Waals surface area contributed by atoms with Crippen molar-refractivity contribution in [1.29, 1.82) is 0 Å². The molecular weight excluding hydrogens is 338 g/mol. The molecule has 0 fully saturated rings. The van der Waals surface area contributed by atoms with Gasteiger partial charge in [-0.2, -0.15) is 0 Å². The normalized spacial score (nSPS) is 10.5. The second kappa shape index (κ2) is 6.35. The van der Waals surface area contributed by atoms with Crippen LogP contribution in [-0.2, 0) is 11.9 Å². The molecule has 0 spiro atoms. The van der Waals surface area contributed by atoms with Crippen molar-refractivity contribution in [3.05, 3.63) is 64.2 Å². The SMILES string of the molecule is Fc1cccc(Cl)c1COc1c(F)cccc1CBr. The molecule has 2 rings (SSSR count). The highest BCUT2D eigenvalue weighted by Crippen LogP contribution is 2.27. The molecular formula is C14H10BrClF2O. The third kappa shape index (κ3) is 3.25. The zero-order chi connectivity index (χ0) is 13.8. The van der Waals surface area contributed by atoms with Gasteiger partial charge in [-0.05, 0) is 18.2 Å². The summed E-state index contributed by atoms with van der Waals surface area (Å²) in [5, 5.41) is 0.710. The molecule has 0 aromatic heterocycles. The van der Waals surface area contributed by atoms with Crippen LogP contribution in [0.15, 0.2) is 36.4 Å². The molecule has 100 valence electrons. The van der Waals surface area contributed by atoms with Gasteiger partial charge in [0.15, 0.2) is 11.6 Å². The fraction of sp³-hybridized carbons (Fsp3) is 0.143. The summed E-state index contributed by atoms with van der Waals surface area (Å²) < 4.78 is 32.6. The number of benzene rings is 2. The van der Waals surface area contributed by atoms with Crippen molar-refractivity contribution in [1.82, 2.24) is 0 Å². The summed E-state index contributed by atoms with van der Waals surface area (Å²) in [6, 6.07) is 8.98. The van der Waals surface area contributed by atoms with E-state index < -0.39 is 11.6 Å². The van der Waals surface area contributed by atoms with Crippen LogP contribution in [0.3, 0.4) is 0 Å². The number of hydrogen-bond donors (Lipinski definition) is 0. The molecule has 0 radical (unpaired) electrons. The molecule has 0 N–H and O–H groups in total. The van der Waals surface area contributed by atoms with Gasteiger partial charge in [0.1, 0.15) is 12.4 Å². The Kier molecular flexibility index (Phi) is 4.77. The van der Waals surface area contributed by atoms with Crippen molar-refractivity contribution in [3.8, 4) is 5.75 Å². The van der Waals surface area contributed by atoms with Gasteiger partial charge in [-0.25, -0.2) is 8.78 Å². The molecule has 0 heterocycles. The lowest BCUT2D eigenvalue weighted by Gasteiger charge is -2.12. The van der Waals surface area contributed by atoms with Crippen LogP contribution >= 0.6 is 27.5 Å². The monoisotopic (exact) mass is 346 g/mol. The standard InChI is InChI=1S/C14H10BrClF2O/c15-7-9-3-1-6-13(18)14(9)19-8-10-11(16)4-2-5-12(10)17/h1-6H,7-8H2. The summed E-state index contributed by atoms with van der Waals surface area (Å²) in [6.45, 7) is -0.119. The van der Waals surface area contributed by atoms with Crippen LogP contribution in [0, 0.1) is 11.6 Å². The molecule has 0 amide bonds. The molecule has 2 aromatic carbocycles. The zero-order valence-corrected chi connectivity index (χ0v) is 12.1. The minimum atomic E-state index is -0.482. The van der Waals surface area contributed by atoms with Crippen LogP contribution in [0.2, 0.25) is 5.02 Å². The molecule has 1 nitrogen and oxygen atoms in total. The third-order valence-corrected chi connectivity index (χ3v) is 3.57. The predicted molar refractivity (Wildman–Crippen MR) is 74.8 cm³/mol. The van der Waals surface area contributed by atoms with E-state index in [-0.39, 0.29) is 22.9 Å². The molecule has 0 saturated carbocycles. The van der Waals surface area contributed by atoms with Crippen LogP contribution in [-0.4, -0.2) is 0 Å². The van der Waals surface area contributed by atoms with Crippen LogP contribution < -0.4 is 4.74 Å². The smallest absolute Gasteiger partial charge is 0.165 e. The predicted octanol–water partition coefficient (Wildman–Crippen LogP) is 5.09. The quantitative estimate of drug-likeness (QED) is 0.700. The first-order valence-electron chi connectivity index (χ1n) is 5.52. The first-order chi connectivity index (χ1) is 9.13. The van der Waals surface area contributed by atoms with E-state index in [1.807, 2.05) is 0 Å². The minimum absolute atomic E-state index is 0.110. The van der Waals surface area contributed by atoms with Crippen LogP contribution in [0.25, 0.3) is 0 Å². The van der Waals surface area contributed by atoms with Gasteiger partial charge in [-0.1, -0.05) is 45.7 Å². The van der Waals surface area contributed by atoms with Crippen LogP contribution in [0.5, 0.6) is 5.75 Å². The Hall–Kier alpha value is -1.13. The summed E-state index contributed by atoms with van der Waals surface area (Å²) in [5.74, 6) is -0.840. The van der Waals surface area contributed by atoms with Gasteiger partial charge in [0, 0.05) is 16.5 Å². The average molecular weight is 348 g/mol. The lowest BCUT2D eigenvalue weighted by atomic mass is 10.2. The number of rotatable bonds is 4. The first kappa shape index (κ1) is 14.3. The molecule has 0 aliphatic carbocycles. The van der Waals surface area contributed by atoms with E-state index in [4.69, 9.17) is 16.3 Å². The number of halogens is 4. The fourth-order valence-electron chi connectivity index (χ4n) is 1.63. The highest BCUT2D eigenvalue weighted by molar-refractivity contribution is 9.08. The Morgan fingerprint density at radius 2 is 1.74 bits per heavy atom. The van der Waals surface area contributed by atoms with E-state index in [2.05, 4.69) is 15.9 Å². The lowest BCUT2D eigenvalue weighted by molar-refractivity contribution is 0.282.